The molecule has 0 saturated carbocycles. The molecule has 0 spiro atoms. The minimum atomic E-state index is -0.342. The molecule has 2 aromatic rings. The number of ether oxygens (including phenoxy) is 2. The number of thioether (sulfide) groups is 2. The molecule has 4 rings (SSSR count). The van der Waals surface area contributed by atoms with Crippen LogP contribution in [0, 0.1) is 0 Å². The maximum atomic E-state index is 12.7. The van der Waals surface area contributed by atoms with Crippen LogP contribution in [-0.2, 0) is 9.53 Å². The Kier molecular flexibility index (Phi) is 8.31. The van der Waals surface area contributed by atoms with Gasteiger partial charge in [0.05, 0.1) is 11.0 Å². The molecule has 178 valence electrons. The van der Waals surface area contributed by atoms with Crippen molar-refractivity contribution in [1.29, 1.82) is 0 Å². The first kappa shape index (κ1) is 24.4. The average Bonchev–Trinajstić information content (AvgIpc) is 3.47. The third kappa shape index (κ3) is 6.22. The number of carbonyl (C=O) groups excluding carboxylic acids is 3. The second-order valence-corrected chi connectivity index (χ2v) is 9.71. The van der Waals surface area contributed by atoms with Crippen molar-refractivity contribution in [2.75, 3.05) is 32.6 Å². The Morgan fingerprint density at radius 1 is 1.21 bits per heavy atom. The fraction of sp³-hybridized carbons (Fsp3) is 0.320. The Bertz CT molecular complexity index is 1060. The standard InChI is InChI=1S/C25H26N2O5S2/c1-33-21-10-4-17(5-11-21)15-22-24(29)27(25(30)34-22)13-12-26-23(28)18-6-8-19(9-7-18)32-16-20-3-2-14-31-20/h4-11,15,20H,2-3,12-14,16H2,1H3,(H,26,28)/b22-15-/t20-/m1/s1. The molecule has 7 nitrogen and oxygen atoms in total. The van der Waals surface area contributed by atoms with Crippen LogP contribution in [0.4, 0.5) is 4.79 Å². The Morgan fingerprint density at radius 2 is 1.97 bits per heavy atom. The molecule has 0 bridgehead atoms. The fourth-order valence-electron chi connectivity index (χ4n) is 3.60. The van der Waals surface area contributed by atoms with Gasteiger partial charge in [-0.2, -0.15) is 0 Å². The van der Waals surface area contributed by atoms with Gasteiger partial charge in [-0.1, -0.05) is 12.1 Å². The second kappa shape index (κ2) is 11.6. The van der Waals surface area contributed by atoms with Gasteiger partial charge in [-0.15, -0.1) is 11.8 Å². The zero-order valence-corrected chi connectivity index (χ0v) is 20.5. The Labute approximate surface area is 207 Å². The summed E-state index contributed by atoms with van der Waals surface area (Å²) in [5.41, 5.74) is 1.34. The number of nitrogens with zero attached hydrogens (tertiary/aromatic N) is 1. The molecule has 2 aromatic carbocycles. The van der Waals surface area contributed by atoms with Crippen molar-refractivity contribution < 1.29 is 23.9 Å². The fourth-order valence-corrected chi connectivity index (χ4v) is 4.87. The van der Waals surface area contributed by atoms with Crippen LogP contribution in [0.15, 0.2) is 58.3 Å². The molecule has 2 fully saturated rings. The van der Waals surface area contributed by atoms with E-state index < -0.39 is 0 Å². The van der Waals surface area contributed by atoms with E-state index in [0.29, 0.717) is 22.8 Å². The van der Waals surface area contributed by atoms with Crippen LogP contribution >= 0.6 is 23.5 Å². The Balaban J connectivity index is 1.25. The minimum absolute atomic E-state index is 0.113. The van der Waals surface area contributed by atoms with Gasteiger partial charge >= 0.3 is 0 Å². The molecule has 0 aliphatic carbocycles. The SMILES string of the molecule is CSc1ccc(/C=C2\SC(=O)N(CCNC(=O)c3ccc(OC[C@H]4CCCO4)cc3)C2=O)cc1. The van der Waals surface area contributed by atoms with E-state index in [1.165, 1.54) is 0 Å². The molecule has 2 aliphatic rings. The summed E-state index contributed by atoms with van der Waals surface area (Å²) < 4.78 is 11.3. The highest BCUT2D eigenvalue weighted by Gasteiger charge is 2.34. The third-order valence-electron chi connectivity index (χ3n) is 5.48. The topological polar surface area (TPSA) is 84.9 Å². The summed E-state index contributed by atoms with van der Waals surface area (Å²) in [5, 5.41) is 2.43. The Hall–Kier alpha value is -2.75. The van der Waals surface area contributed by atoms with Gasteiger partial charge in [0.2, 0.25) is 0 Å². The number of imide groups is 1. The predicted molar refractivity (Wildman–Crippen MR) is 134 cm³/mol. The van der Waals surface area contributed by atoms with Crippen LogP contribution in [0.25, 0.3) is 6.08 Å². The molecule has 34 heavy (non-hydrogen) atoms. The van der Waals surface area contributed by atoms with Gasteiger partial charge in [0.1, 0.15) is 12.4 Å². The number of benzene rings is 2. The highest BCUT2D eigenvalue weighted by atomic mass is 32.2. The molecule has 3 amide bonds. The van der Waals surface area contributed by atoms with E-state index in [4.69, 9.17) is 9.47 Å². The summed E-state index contributed by atoms with van der Waals surface area (Å²) >= 11 is 2.55. The van der Waals surface area contributed by atoms with E-state index in [1.54, 1.807) is 42.1 Å². The summed E-state index contributed by atoms with van der Waals surface area (Å²) in [6, 6.07) is 14.6. The van der Waals surface area contributed by atoms with Gasteiger partial charge in [0.15, 0.2) is 0 Å². The minimum Gasteiger partial charge on any atom is -0.491 e. The molecule has 0 unspecified atom stereocenters. The van der Waals surface area contributed by atoms with Gasteiger partial charge < -0.3 is 14.8 Å². The van der Waals surface area contributed by atoms with Crippen molar-refractivity contribution in [3.63, 3.8) is 0 Å². The first-order chi connectivity index (χ1) is 16.5. The maximum absolute atomic E-state index is 12.7. The lowest BCUT2D eigenvalue weighted by Crippen LogP contribution is -2.37. The van der Waals surface area contributed by atoms with Gasteiger partial charge in [0.25, 0.3) is 17.1 Å². The van der Waals surface area contributed by atoms with Gasteiger partial charge in [-0.25, -0.2) is 0 Å². The molecule has 2 heterocycles. The van der Waals surface area contributed by atoms with Crippen molar-refractivity contribution >= 4 is 46.7 Å². The molecule has 0 radical (unpaired) electrons. The van der Waals surface area contributed by atoms with E-state index >= 15 is 0 Å². The number of hydrogen-bond donors (Lipinski definition) is 1. The molecular weight excluding hydrogens is 472 g/mol. The molecule has 9 heteroatoms. The van der Waals surface area contributed by atoms with Gasteiger partial charge in [-0.3, -0.25) is 19.3 Å². The lowest BCUT2D eigenvalue weighted by Gasteiger charge is -2.13. The van der Waals surface area contributed by atoms with Crippen molar-refractivity contribution in [1.82, 2.24) is 10.2 Å². The normalized spacial score (nSPS) is 19.1. The molecule has 2 aliphatic heterocycles. The van der Waals surface area contributed by atoms with Crippen LogP contribution in [-0.4, -0.2) is 60.6 Å². The smallest absolute Gasteiger partial charge is 0.293 e. The maximum Gasteiger partial charge on any atom is 0.293 e. The van der Waals surface area contributed by atoms with E-state index in [9.17, 15) is 14.4 Å². The summed E-state index contributed by atoms with van der Waals surface area (Å²) in [4.78, 5) is 40.1. The van der Waals surface area contributed by atoms with Crippen molar-refractivity contribution in [3.05, 3.63) is 64.6 Å². The van der Waals surface area contributed by atoms with Crippen LogP contribution in [0.2, 0.25) is 0 Å². The quantitative estimate of drug-likeness (QED) is 0.404. The lowest BCUT2D eigenvalue weighted by atomic mass is 10.2. The summed E-state index contributed by atoms with van der Waals surface area (Å²) in [6.45, 7) is 1.57. The molecule has 0 aromatic heterocycles. The van der Waals surface area contributed by atoms with Gasteiger partial charge in [-0.05, 0) is 78.9 Å². The van der Waals surface area contributed by atoms with Gasteiger partial charge in [0, 0.05) is 30.2 Å². The van der Waals surface area contributed by atoms with E-state index in [1.807, 2.05) is 30.5 Å². The van der Waals surface area contributed by atoms with Crippen LogP contribution in [0.5, 0.6) is 5.75 Å². The first-order valence-corrected chi connectivity index (χ1v) is 13.1. The summed E-state index contributed by atoms with van der Waals surface area (Å²) in [7, 11) is 0. The van der Waals surface area contributed by atoms with E-state index in [2.05, 4.69) is 5.32 Å². The highest BCUT2D eigenvalue weighted by Crippen LogP contribution is 2.32. The van der Waals surface area contributed by atoms with Crippen LogP contribution < -0.4 is 10.1 Å². The van der Waals surface area contributed by atoms with Crippen LogP contribution in [0.3, 0.4) is 0 Å². The molecule has 2 saturated heterocycles. The van der Waals surface area contributed by atoms with Crippen LogP contribution in [0.1, 0.15) is 28.8 Å². The van der Waals surface area contributed by atoms with E-state index in [-0.39, 0.29) is 36.2 Å². The number of rotatable bonds is 9. The van der Waals surface area contributed by atoms with Crippen molar-refractivity contribution in [3.8, 4) is 5.75 Å². The van der Waals surface area contributed by atoms with Crippen molar-refractivity contribution in [2.45, 2.75) is 23.8 Å². The lowest BCUT2D eigenvalue weighted by molar-refractivity contribution is -0.122. The number of carbonyl (C=O) groups is 3. The first-order valence-electron chi connectivity index (χ1n) is 11.1. The zero-order valence-electron chi connectivity index (χ0n) is 18.8. The second-order valence-electron chi connectivity index (χ2n) is 7.83. The summed E-state index contributed by atoms with van der Waals surface area (Å²) in [5.74, 6) is 0.0627. The molecule has 1 atom stereocenters. The largest absolute Gasteiger partial charge is 0.491 e. The predicted octanol–water partition coefficient (Wildman–Crippen LogP) is 4.43. The number of hydrogen-bond acceptors (Lipinski definition) is 7. The zero-order chi connectivity index (χ0) is 23.9. The monoisotopic (exact) mass is 498 g/mol. The van der Waals surface area contributed by atoms with E-state index in [0.717, 1.165) is 46.6 Å². The average molecular weight is 499 g/mol. The summed E-state index contributed by atoms with van der Waals surface area (Å²) in [6.07, 6.45) is 5.91. The Morgan fingerprint density at radius 3 is 2.65 bits per heavy atom. The highest BCUT2D eigenvalue weighted by molar-refractivity contribution is 8.18. The molecular formula is C25H26N2O5S2. The number of nitrogens with one attached hydrogen (secondary N) is 1. The van der Waals surface area contributed by atoms with Crippen molar-refractivity contribution in [2.24, 2.45) is 0 Å². The third-order valence-corrected chi connectivity index (χ3v) is 7.14. The molecule has 1 N–H and O–H groups in total. The number of amides is 3.